The highest BCUT2D eigenvalue weighted by Crippen LogP contribution is 2.22. The number of pyridine rings is 1. The predicted octanol–water partition coefficient (Wildman–Crippen LogP) is 1.48. The van der Waals surface area contributed by atoms with Crippen molar-refractivity contribution in [3.05, 3.63) is 28.4 Å². The Morgan fingerprint density at radius 1 is 1.60 bits per heavy atom. The van der Waals surface area contributed by atoms with Gasteiger partial charge >= 0.3 is 0 Å². The second-order valence-corrected chi connectivity index (χ2v) is 5.56. The fourth-order valence-corrected chi connectivity index (χ4v) is 2.53. The third-order valence-electron chi connectivity index (χ3n) is 3.11. The summed E-state index contributed by atoms with van der Waals surface area (Å²) in [5.41, 5.74) is -0.972. The Labute approximate surface area is 125 Å². The van der Waals surface area contributed by atoms with Crippen LogP contribution >= 0.6 is 23.2 Å². The van der Waals surface area contributed by atoms with Crippen molar-refractivity contribution in [3.8, 4) is 0 Å². The van der Waals surface area contributed by atoms with Crippen molar-refractivity contribution in [2.24, 2.45) is 0 Å². The molecule has 1 amide bonds. The topological polar surface area (TPSA) is 63.1 Å². The van der Waals surface area contributed by atoms with Gasteiger partial charge in [0.25, 0.3) is 5.56 Å². The predicted molar refractivity (Wildman–Crippen MR) is 75.8 cm³/mol. The van der Waals surface area contributed by atoms with E-state index in [1.165, 1.54) is 10.8 Å². The van der Waals surface area contributed by atoms with Gasteiger partial charge in [-0.25, -0.2) is 4.39 Å². The average Bonchev–Trinajstić information content (AvgIpc) is 2.74. The highest BCUT2D eigenvalue weighted by molar-refractivity contribution is 6.30. The highest BCUT2D eigenvalue weighted by Gasteiger charge is 2.35. The monoisotopic (exact) mass is 321 g/mol. The molecular weight excluding hydrogens is 308 g/mol. The number of hydrogen-bond donors (Lipinski definition) is 2. The van der Waals surface area contributed by atoms with E-state index in [9.17, 15) is 14.0 Å². The molecule has 0 radical (unpaired) electrons. The maximum Gasteiger partial charge on any atom is 0.286 e. The van der Waals surface area contributed by atoms with Gasteiger partial charge in [0.15, 0.2) is 5.82 Å². The summed E-state index contributed by atoms with van der Waals surface area (Å²) in [5.74, 6) is -1.27. The van der Waals surface area contributed by atoms with Gasteiger partial charge in [0, 0.05) is 18.8 Å². The van der Waals surface area contributed by atoms with Crippen molar-refractivity contribution < 1.29 is 9.18 Å². The van der Waals surface area contributed by atoms with E-state index < -0.39 is 22.9 Å². The number of aromatic nitrogens is 1. The molecule has 0 saturated carbocycles. The van der Waals surface area contributed by atoms with Crippen LogP contribution in [-0.2, 0) is 11.3 Å². The zero-order valence-electron chi connectivity index (χ0n) is 10.7. The smallest absolute Gasteiger partial charge is 0.286 e. The molecule has 0 aliphatic carbocycles. The van der Waals surface area contributed by atoms with Crippen LogP contribution in [-0.4, -0.2) is 27.4 Å². The van der Waals surface area contributed by atoms with E-state index in [-0.39, 0.29) is 17.0 Å². The number of carbonyl (C=O) groups is 1. The van der Waals surface area contributed by atoms with Crippen molar-refractivity contribution in [2.75, 3.05) is 5.32 Å². The molecule has 3 unspecified atom stereocenters. The van der Waals surface area contributed by atoms with Crippen LogP contribution in [0, 0.1) is 5.82 Å². The molecule has 8 heteroatoms. The van der Waals surface area contributed by atoms with Crippen LogP contribution in [0.3, 0.4) is 0 Å². The van der Waals surface area contributed by atoms with E-state index in [1.54, 1.807) is 6.92 Å². The minimum atomic E-state index is -0.908. The maximum atomic E-state index is 13.4. The fraction of sp³-hybridized carbons (Fsp3) is 0.500. The van der Waals surface area contributed by atoms with Gasteiger partial charge in [-0.05, 0) is 13.3 Å². The number of rotatable bonds is 3. The standard InChI is InChI=1S/C12H14Cl2FN3O2/c1-2-18-5-6(3-8(15)12(18)20)16-11(19)9-4-7(13)10(14)17-9/h3,5,7,9-10,17H,2,4H2,1H3,(H,16,19). The molecule has 1 aliphatic heterocycles. The zero-order chi connectivity index (χ0) is 14.9. The van der Waals surface area contributed by atoms with E-state index in [2.05, 4.69) is 10.6 Å². The Morgan fingerprint density at radius 2 is 2.30 bits per heavy atom. The largest absolute Gasteiger partial charge is 0.323 e. The van der Waals surface area contributed by atoms with Gasteiger partial charge in [-0.3, -0.25) is 14.9 Å². The molecular formula is C12H14Cl2FN3O2. The van der Waals surface area contributed by atoms with Crippen LogP contribution in [0.5, 0.6) is 0 Å². The molecule has 0 spiro atoms. The maximum absolute atomic E-state index is 13.4. The van der Waals surface area contributed by atoms with Gasteiger partial charge < -0.3 is 9.88 Å². The number of aryl methyl sites for hydroxylation is 1. The lowest BCUT2D eigenvalue weighted by Crippen LogP contribution is -2.38. The lowest BCUT2D eigenvalue weighted by molar-refractivity contribution is -0.117. The zero-order valence-corrected chi connectivity index (χ0v) is 12.2. The van der Waals surface area contributed by atoms with Crippen LogP contribution < -0.4 is 16.2 Å². The minimum absolute atomic E-state index is 0.222. The summed E-state index contributed by atoms with van der Waals surface area (Å²) in [6.07, 6.45) is 1.78. The van der Waals surface area contributed by atoms with Gasteiger partial charge in [0.05, 0.1) is 22.6 Å². The molecule has 0 aromatic carbocycles. The Kier molecular flexibility index (Phi) is 4.67. The highest BCUT2D eigenvalue weighted by atomic mass is 35.5. The minimum Gasteiger partial charge on any atom is -0.323 e. The number of carbonyl (C=O) groups excluding carboxylic acids is 1. The first-order valence-electron chi connectivity index (χ1n) is 6.17. The van der Waals surface area contributed by atoms with Gasteiger partial charge in [0.1, 0.15) is 0 Å². The summed E-state index contributed by atoms with van der Waals surface area (Å²) in [6.45, 7) is 2.02. The van der Waals surface area contributed by atoms with E-state index >= 15 is 0 Å². The molecule has 1 aromatic heterocycles. The third kappa shape index (κ3) is 3.13. The van der Waals surface area contributed by atoms with E-state index in [0.717, 1.165) is 6.07 Å². The van der Waals surface area contributed by atoms with Gasteiger partial charge in [-0.2, -0.15) is 0 Å². The molecule has 20 heavy (non-hydrogen) atoms. The normalized spacial score (nSPS) is 25.7. The van der Waals surface area contributed by atoms with Crippen LogP contribution in [0.4, 0.5) is 10.1 Å². The van der Waals surface area contributed by atoms with E-state index in [4.69, 9.17) is 23.2 Å². The summed E-state index contributed by atoms with van der Waals surface area (Å²) < 4.78 is 14.6. The first kappa shape index (κ1) is 15.3. The lowest BCUT2D eigenvalue weighted by atomic mass is 10.2. The average molecular weight is 322 g/mol. The second-order valence-electron chi connectivity index (χ2n) is 4.53. The molecule has 5 nitrogen and oxygen atoms in total. The molecule has 110 valence electrons. The van der Waals surface area contributed by atoms with Crippen LogP contribution in [0.25, 0.3) is 0 Å². The van der Waals surface area contributed by atoms with Crippen molar-refractivity contribution >= 4 is 34.8 Å². The van der Waals surface area contributed by atoms with E-state index in [1.807, 2.05) is 0 Å². The summed E-state index contributed by atoms with van der Waals surface area (Å²) in [6, 6.07) is 0.461. The van der Waals surface area contributed by atoms with Gasteiger partial charge in [-0.15, -0.1) is 23.2 Å². The second kappa shape index (κ2) is 6.11. The Morgan fingerprint density at radius 3 is 2.85 bits per heavy atom. The first-order valence-corrected chi connectivity index (χ1v) is 7.04. The van der Waals surface area contributed by atoms with Gasteiger partial charge in [0.2, 0.25) is 5.91 Å². The summed E-state index contributed by atoms with van der Waals surface area (Å²) in [4.78, 5) is 23.4. The quantitative estimate of drug-likeness (QED) is 0.654. The van der Waals surface area contributed by atoms with Crippen LogP contribution in [0.1, 0.15) is 13.3 Å². The summed E-state index contributed by atoms with van der Waals surface area (Å²) >= 11 is 11.8. The number of hydrogen-bond acceptors (Lipinski definition) is 3. The van der Waals surface area contributed by atoms with Crippen LogP contribution in [0.2, 0.25) is 0 Å². The summed E-state index contributed by atoms with van der Waals surface area (Å²) in [5, 5.41) is 5.05. The number of anilines is 1. The molecule has 2 N–H and O–H groups in total. The lowest BCUT2D eigenvalue weighted by Gasteiger charge is -2.13. The molecule has 1 saturated heterocycles. The molecule has 2 rings (SSSR count). The van der Waals surface area contributed by atoms with Crippen molar-refractivity contribution in [3.63, 3.8) is 0 Å². The molecule has 1 aromatic rings. The van der Waals surface area contributed by atoms with Crippen molar-refractivity contribution in [2.45, 2.75) is 36.8 Å². The molecule has 3 atom stereocenters. The van der Waals surface area contributed by atoms with Crippen LogP contribution in [0.15, 0.2) is 17.1 Å². The Hall–Kier alpha value is -1.11. The number of alkyl halides is 2. The van der Waals surface area contributed by atoms with Gasteiger partial charge in [-0.1, -0.05) is 0 Å². The molecule has 1 fully saturated rings. The van der Waals surface area contributed by atoms with Crippen molar-refractivity contribution in [1.29, 1.82) is 0 Å². The number of halogens is 3. The molecule has 2 heterocycles. The first-order chi connectivity index (χ1) is 9.42. The third-order valence-corrected chi connectivity index (χ3v) is 4.10. The molecule has 0 bridgehead atoms. The fourth-order valence-electron chi connectivity index (χ4n) is 2.02. The summed E-state index contributed by atoms with van der Waals surface area (Å²) in [7, 11) is 0. The number of nitrogens with one attached hydrogen (secondary N) is 2. The Balaban J connectivity index is 2.12. The number of nitrogens with zero attached hydrogens (tertiary/aromatic N) is 1. The number of amides is 1. The van der Waals surface area contributed by atoms with Crippen molar-refractivity contribution in [1.82, 2.24) is 9.88 Å². The Bertz CT molecular complexity index is 568. The SMILES string of the molecule is CCn1cc(NC(=O)C2CC(Cl)C(Cl)N2)cc(F)c1=O. The van der Waals surface area contributed by atoms with E-state index in [0.29, 0.717) is 13.0 Å². The molecule has 1 aliphatic rings.